The molecule has 160 valence electrons. The van der Waals surface area contributed by atoms with Crippen molar-refractivity contribution in [2.45, 2.75) is 0 Å². The van der Waals surface area contributed by atoms with E-state index in [1.165, 1.54) is 0 Å². The molecule has 0 amide bonds. The van der Waals surface area contributed by atoms with Gasteiger partial charge in [-0.2, -0.15) is 0 Å². The minimum atomic E-state index is 0.678. The average molecular weight is 432 g/mol. The van der Waals surface area contributed by atoms with E-state index in [0.717, 1.165) is 44.8 Å². The second-order valence-corrected chi connectivity index (χ2v) is 7.81. The molecule has 0 aliphatic rings. The Hall–Kier alpha value is -4.78. The maximum atomic E-state index is 6.13. The Morgan fingerprint density at radius 2 is 1.03 bits per heavy atom. The highest BCUT2D eigenvalue weighted by Crippen LogP contribution is 2.31. The number of hydrogen-bond donors (Lipinski definition) is 4. The lowest BCUT2D eigenvalue weighted by Gasteiger charge is -2.05. The van der Waals surface area contributed by atoms with Crippen molar-refractivity contribution in [1.82, 2.24) is 19.9 Å². The van der Waals surface area contributed by atoms with Crippen LogP contribution >= 0.6 is 0 Å². The average Bonchev–Trinajstić information content (AvgIpc) is 3.43. The van der Waals surface area contributed by atoms with Gasteiger partial charge < -0.3 is 26.2 Å². The zero-order valence-corrected chi connectivity index (χ0v) is 17.5. The Bertz CT molecular complexity index is 1510. The number of anilines is 2. The summed E-state index contributed by atoms with van der Waals surface area (Å²) in [6.45, 7) is 0. The number of nitrogens with zero attached hydrogens (tertiary/aromatic N) is 2. The number of nitrogens with one attached hydrogen (secondary N) is 2. The van der Waals surface area contributed by atoms with Gasteiger partial charge in [0.05, 0.1) is 22.1 Å². The molecule has 6 aromatic rings. The van der Waals surface area contributed by atoms with Gasteiger partial charge in [0.1, 0.15) is 23.1 Å². The van der Waals surface area contributed by atoms with Crippen molar-refractivity contribution >= 4 is 33.4 Å². The van der Waals surface area contributed by atoms with Crippen LogP contribution < -0.4 is 16.2 Å². The van der Waals surface area contributed by atoms with E-state index in [4.69, 9.17) is 16.2 Å². The van der Waals surface area contributed by atoms with Crippen molar-refractivity contribution < 1.29 is 4.74 Å². The molecule has 0 aliphatic carbocycles. The molecular formula is C26H20N6O. The number of aromatic nitrogens is 4. The van der Waals surface area contributed by atoms with Crippen molar-refractivity contribution in [3.63, 3.8) is 0 Å². The summed E-state index contributed by atoms with van der Waals surface area (Å²) in [6, 6.07) is 26.8. The Kier molecular flexibility index (Phi) is 4.26. The highest BCUT2D eigenvalue weighted by Gasteiger charge is 2.11. The number of H-pyrrole nitrogens is 2. The number of ether oxygens (including phenoxy) is 1. The van der Waals surface area contributed by atoms with Crippen LogP contribution in [-0.2, 0) is 0 Å². The molecule has 0 saturated heterocycles. The van der Waals surface area contributed by atoms with Gasteiger partial charge in [-0.1, -0.05) is 24.3 Å². The fraction of sp³-hybridized carbons (Fsp3) is 0. The monoisotopic (exact) mass is 432 g/mol. The van der Waals surface area contributed by atoms with Gasteiger partial charge in [-0.05, 0) is 48.5 Å². The van der Waals surface area contributed by atoms with Gasteiger partial charge >= 0.3 is 0 Å². The number of rotatable bonds is 4. The lowest BCUT2D eigenvalue weighted by atomic mass is 10.2. The number of hydrogen-bond acceptors (Lipinski definition) is 5. The van der Waals surface area contributed by atoms with Crippen molar-refractivity contribution in [1.29, 1.82) is 0 Å². The first-order chi connectivity index (χ1) is 16.1. The van der Waals surface area contributed by atoms with E-state index in [1.807, 2.05) is 84.9 Å². The number of para-hydroxylation sites is 2. The molecule has 0 unspecified atom stereocenters. The largest absolute Gasteiger partial charge is 0.457 e. The summed E-state index contributed by atoms with van der Waals surface area (Å²) in [7, 11) is 0. The lowest BCUT2D eigenvalue weighted by Crippen LogP contribution is -1.90. The zero-order chi connectivity index (χ0) is 22.4. The number of nitrogens with two attached hydrogens (primary N) is 2. The molecule has 0 fully saturated rings. The highest BCUT2D eigenvalue weighted by molar-refractivity contribution is 5.85. The first-order valence-electron chi connectivity index (χ1n) is 10.5. The van der Waals surface area contributed by atoms with Crippen LogP contribution in [0, 0.1) is 0 Å². The predicted octanol–water partition coefficient (Wildman–Crippen LogP) is 5.73. The highest BCUT2D eigenvalue weighted by atomic mass is 16.5. The van der Waals surface area contributed by atoms with E-state index in [-0.39, 0.29) is 0 Å². The predicted molar refractivity (Wildman–Crippen MR) is 132 cm³/mol. The number of benzene rings is 4. The van der Waals surface area contributed by atoms with E-state index in [9.17, 15) is 0 Å². The van der Waals surface area contributed by atoms with Crippen LogP contribution in [0.4, 0.5) is 11.4 Å². The molecule has 6 rings (SSSR count). The van der Waals surface area contributed by atoms with Gasteiger partial charge in [-0.25, -0.2) is 9.97 Å². The summed E-state index contributed by atoms with van der Waals surface area (Å²) < 4.78 is 6.13. The summed E-state index contributed by atoms with van der Waals surface area (Å²) in [5, 5.41) is 0. The Labute approximate surface area is 189 Å². The third-order valence-corrected chi connectivity index (χ3v) is 5.57. The van der Waals surface area contributed by atoms with Crippen molar-refractivity contribution in [3.05, 3.63) is 84.9 Å². The minimum Gasteiger partial charge on any atom is -0.457 e. The van der Waals surface area contributed by atoms with Gasteiger partial charge in [0, 0.05) is 34.6 Å². The van der Waals surface area contributed by atoms with Crippen LogP contribution in [0.5, 0.6) is 11.5 Å². The third kappa shape index (κ3) is 3.41. The molecule has 0 radical (unpaired) electrons. The molecule has 2 aromatic heterocycles. The first kappa shape index (κ1) is 18.9. The van der Waals surface area contributed by atoms with Gasteiger partial charge in [-0.3, -0.25) is 0 Å². The standard InChI is InChI=1S/C26H20N6O/c27-19-7-3-1-5-17(19)25-29-21-11-9-15(13-23(21)31-25)33-16-10-12-22-24(14-16)32-26(30-22)18-6-2-4-8-20(18)28/h1-14H,27-28H2,(H,29,31)(H,30,32). The van der Waals surface area contributed by atoms with E-state index < -0.39 is 0 Å². The lowest BCUT2D eigenvalue weighted by molar-refractivity contribution is 0.484. The molecule has 33 heavy (non-hydrogen) atoms. The second-order valence-electron chi connectivity index (χ2n) is 7.81. The number of nitrogen functional groups attached to an aromatic ring is 2. The molecule has 4 aromatic carbocycles. The quantitative estimate of drug-likeness (QED) is 0.265. The number of aromatic amines is 2. The van der Waals surface area contributed by atoms with Gasteiger partial charge in [0.2, 0.25) is 0 Å². The van der Waals surface area contributed by atoms with Crippen LogP contribution in [0.2, 0.25) is 0 Å². The fourth-order valence-corrected chi connectivity index (χ4v) is 3.92. The van der Waals surface area contributed by atoms with E-state index in [2.05, 4.69) is 19.9 Å². The van der Waals surface area contributed by atoms with Crippen LogP contribution in [-0.4, -0.2) is 19.9 Å². The Balaban J connectivity index is 1.31. The molecular weight excluding hydrogens is 412 g/mol. The minimum absolute atomic E-state index is 0.678. The number of imidazole rings is 2. The molecule has 7 heteroatoms. The fourth-order valence-electron chi connectivity index (χ4n) is 3.92. The van der Waals surface area contributed by atoms with Crippen LogP contribution in [0.25, 0.3) is 44.8 Å². The zero-order valence-electron chi connectivity index (χ0n) is 17.5. The Morgan fingerprint density at radius 1 is 0.576 bits per heavy atom. The molecule has 0 bridgehead atoms. The summed E-state index contributed by atoms with van der Waals surface area (Å²) >= 11 is 0. The maximum Gasteiger partial charge on any atom is 0.140 e. The first-order valence-corrected chi connectivity index (χ1v) is 10.5. The molecule has 0 atom stereocenters. The van der Waals surface area contributed by atoms with Crippen molar-refractivity contribution in [3.8, 4) is 34.3 Å². The van der Waals surface area contributed by atoms with Gasteiger partial charge in [0.25, 0.3) is 0 Å². The summed E-state index contributed by atoms with van der Waals surface area (Å²) in [5.41, 5.74) is 18.7. The number of fused-ring (bicyclic) bond motifs is 2. The second kappa shape index (κ2) is 7.42. The molecule has 7 nitrogen and oxygen atoms in total. The summed E-state index contributed by atoms with van der Waals surface area (Å²) in [5.74, 6) is 2.86. The van der Waals surface area contributed by atoms with Crippen molar-refractivity contribution in [2.24, 2.45) is 0 Å². The Morgan fingerprint density at radius 3 is 1.48 bits per heavy atom. The van der Waals surface area contributed by atoms with Gasteiger partial charge in [-0.15, -0.1) is 0 Å². The van der Waals surface area contributed by atoms with Gasteiger partial charge in [0.15, 0.2) is 0 Å². The molecule has 0 spiro atoms. The van der Waals surface area contributed by atoms with E-state index in [1.54, 1.807) is 0 Å². The molecule has 6 N–H and O–H groups in total. The van der Waals surface area contributed by atoms with Crippen LogP contribution in [0.1, 0.15) is 0 Å². The topological polar surface area (TPSA) is 119 Å². The molecule has 0 aliphatic heterocycles. The van der Waals surface area contributed by atoms with E-state index >= 15 is 0 Å². The molecule has 0 saturated carbocycles. The smallest absolute Gasteiger partial charge is 0.140 e. The van der Waals surface area contributed by atoms with Crippen LogP contribution in [0.15, 0.2) is 84.9 Å². The summed E-state index contributed by atoms with van der Waals surface area (Å²) in [6.07, 6.45) is 0. The van der Waals surface area contributed by atoms with Crippen molar-refractivity contribution in [2.75, 3.05) is 11.5 Å². The SMILES string of the molecule is Nc1ccccc1-c1nc2ccc(Oc3ccc4nc(-c5ccccc5N)[nH]c4c3)cc2[nH]1. The summed E-state index contributed by atoms with van der Waals surface area (Å²) in [4.78, 5) is 16.0. The normalized spacial score (nSPS) is 11.3. The molecule has 2 heterocycles. The maximum absolute atomic E-state index is 6.13. The van der Waals surface area contributed by atoms with Crippen LogP contribution in [0.3, 0.4) is 0 Å². The third-order valence-electron chi connectivity index (χ3n) is 5.57. The van der Waals surface area contributed by atoms with E-state index in [0.29, 0.717) is 22.9 Å².